The lowest BCUT2D eigenvalue weighted by Crippen LogP contribution is -2.54. The SMILES string of the molecule is CN=C(NCC(C)(C)c1cccc(C)c1)N1CCOC(C2CCCO2)C1.I. The van der Waals surface area contributed by atoms with E-state index in [2.05, 4.69) is 60.2 Å². The normalized spacial score (nSPS) is 23.9. The number of hydrogen-bond acceptors (Lipinski definition) is 3. The lowest BCUT2D eigenvalue weighted by Gasteiger charge is -2.38. The third-order valence-electron chi connectivity index (χ3n) is 5.47. The van der Waals surface area contributed by atoms with Crippen molar-refractivity contribution in [2.45, 2.75) is 51.2 Å². The Labute approximate surface area is 180 Å². The predicted molar refractivity (Wildman–Crippen MR) is 121 cm³/mol. The highest BCUT2D eigenvalue weighted by atomic mass is 127. The van der Waals surface area contributed by atoms with Gasteiger partial charge in [-0.3, -0.25) is 4.99 Å². The number of aryl methyl sites for hydroxylation is 1. The van der Waals surface area contributed by atoms with Crippen molar-refractivity contribution in [2.24, 2.45) is 4.99 Å². The molecule has 3 rings (SSSR count). The summed E-state index contributed by atoms with van der Waals surface area (Å²) in [5, 5.41) is 3.59. The molecule has 2 unspecified atom stereocenters. The summed E-state index contributed by atoms with van der Waals surface area (Å²) < 4.78 is 11.8. The third kappa shape index (κ3) is 5.81. The molecule has 0 saturated carbocycles. The lowest BCUT2D eigenvalue weighted by atomic mass is 9.84. The Morgan fingerprint density at radius 3 is 2.70 bits per heavy atom. The molecule has 0 aliphatic carbocycles. The highest BCUT2D eigenvalue weighted by Crippen LogP contribution is 2.24. The van der Waals surface area contributed by atoms with Crippen molar-refractivity contribution >= 4 is 29.9 Å². The maximum atomic E-state index is 5.97. The van der Waals surface area contributed by atoms with Gasteiger partial charge < -0.3 is 19.7 Å². The van der Waals surface area contributed by atoms with Crippen molar-refractivity contribution in [3.05, 3.63) is 35.4 Å². The Morgan fingerprint density at radius 2 is 2.04 bits per heavy atom. The smallest absolute Gasteiger partial charge is 0.193 e. The summed E-state index contributed by atoms with van der Waals surface area (Å²) in [4.78, 5) is 6.83. The summed E-state index contributed by atoms with van der Waals surface area (Å²) in [6.45, 7) is 10.8. The fraction of sp³-hybridized carbons (Fsp3) is 0.667. The first-order valence-electron chi connectivity index (χ1n) is 9.75. The van der Waals surface area contributed by atoms with Crippen LogP contribution in [-0.4, -0.2) is 63.0 Å². The van der Waals surface area contributed by atoms with Crippen LogP contribution in [0.4, 0.5) is 0 Å². The number of aliphatic imine (C=N–C) groups is 1. The van der Waals surface area contributed by atoms with Crippen LogP contribution in [0.5, 0.6) is 0 Å². The van der Waals surface area contributed by atoms with Gasteiger partial charge in [0.25, 0.3) is 0 Å². The van der Waals surface area contributed by atoms with E-state index < -0.39 is 0 Å². The van der Waals surface area contributed by atoms with E-state index in [1.165, 1.54) is 11.1 Å². The van der Waals surface area contributed by atoms with Crippen LogP contribution in [0.15, 0.2) is 29.3 Å². The van der Waals surface area contributed by atoms with Gasteiger partial charge in [-0.05, 0) is 25.3 Å². The molecule has 1 N–H and O–H groups in total. The van der Waals surface area contributed by atoms with E-state index in [0.717, 1.165) is 51.6 Å². The Balaban J connectivity index is 0.00000261. The Morgan fingerprint density at radius 1 is 1.26 bits per heavy atom. The van der Waals surface area contributed by atoms with E-state index >= 15 is 0 Å². The zero-order valence-corrected chi connectivity index (χ0v) is 19.4. The molecule has 6 heteroatoms. The number of benzene rings is 1. The Bertz CT molecular complexity index is 630. The van der Waals surface area contributed by atoms with Crippen LogP contribution >= 0.6 is 24.0 Å². The van der Waals surface area contributed by atoms with E-state index in [9.17, 15) is 0 Å². The minimum atomic E-state index is 0. The van der Waals surface area contributed by atoms with Gasteiger partial charge >= 0.3 is 0 Å². The quantitative estimate of drug-likeness (QED) is 0.402. The molecular weight excluding hydrogens is 453 g/mol. The van der Waals surface area contributed by atoms with Gasteiger partial charge in [0, 0.05) is 38.7 Å². The molecule has 1 aromatic rings. The molecule has 2 fully saturated rings. The van der Waals surface area contributed by atoms with Crippen LogP contribution in [-0.2, 0) is 14.9 Å². The van der Waals surface area contributed by atoms with Gasteiger partial charge in [0.1, 0.15) is 6.10 Å². The van der Waals surface area contributed by atoms with Gasteiger partial charge in [-0.25, -0.2) is 0 Å². The van der Waals surface area contributed by atoms with Crippen molar-refractivity contribution in [1.82, 2.24) is 10.2 Å². The molecule has 0 bridgehead atoms. The van der Waals surface area contributed by atoms with E-state index in [0.29, 0.717) is 0 Å². The van der Waals surface area contributed by atoms with Crippen molar-refractivity contribution in [2.75, 3.05) is 39.9 Å². The summed E-state index contributed by atoms with van der Waals surface area (Å²) in [6, 6.07) is 8.76. The monoisotopic (exact) mass is 487 g/mol. The number of ether oxygens (including phenoxy) is 2. The molecular formula is C21H34IN3O2. The average molecular weight is 487 g/mol. The first kappa shape index (κ1) is 22.4. The van der Waals surface area contributed by atoms with E-state index in [-0.39, 0.29) is 41.6 Å². The first-order chi connectivity index (χ1) is 12.5. The molecule has 2 heterocycles. The van der Waals surface area contributed by atoms with Crippen LogP contribution in [0.2, 0.25) is 0 Å². The summed E-state index contributed by atoms with van der Waals surface area (Å²) >= 11 is 0. The van der Waals surface area contributed by atoms with Gasteiger partial charge in [0.2, 0.25) is 0 Å². The van der Waals surface area contributed by atoms with Gasteiger partial charge in [-0.1, -0.05) is 43.7 Å². The molecule has 2 atom stereocenters. The van der Waals surface area contributed by atoms with Crippen molar-refractivity contribution < 1.29 is 9.47 Å². The minimum Gasteiger partial charge on any atom is -0.375 e. The largest absolute Gasteiger partial charge is 0.375 e. The third-order valence-corrected chi connectivity index (χ3v) is 5.47. The number of morpholine rings is 1. The first-order valence-corrected chi connectivity index (χ1v) is 9.75. The molecule has 0 aromatic heterocycles. The fourth-order valence-electron chi connectivity index (χ4n) is 3.79. The second-order valence-corrected chi connectivity index (χ2v) is 8.06. The Kier molecular flexibility index (Phi) is 8.37. The zero-order chi connectivity index (χ0) is 18.6. The molecule has 2 saturated heterocycles. The molecule has 0 spiro atoms. The van der Waals surface area contributed by atoms with Gasteiger partial charge in [0.15, 0.2) is 5.96 Å². The zero-order valence-electron chi connectivity index (χ0n) is 17.0. The molecule has 27 heavy (non-hydrogen) atoms. The predicted octanol–water partition coefficient (Wildman–Crippen LogP) is 3.35. The topological polar surface area (TPSA) is 46.1 Å². The number of nitrogens with zero attached hydrogens (tertiary/aromatic N) is 2. The second kappa shape index (κ2) is 10.1. The summed E-state index contributed by atoms with van der Waals surface area (Å²) in [7, 11) is 1.86. The maximum Gasteiger partial charge on any atom is 0.193 e. The highest BCUT2D eigenvalue weighted by molar-refractivity contribution is 14.0. The van der Waals surface area contributed by atoms with Crippen LogP contribution in [0, 0.1) is 6.92 Å². The maximum absolute atomic E-state index is 5.97. The molecule has 2 aliphatic rings. The number of halogens is 1. The number of nitrogens with one attached hydrogen (secondary N) is 1. The van der Waals surface area contributed by atoms with Crippen LogP contribution in [0.25, 0.3) is 0 Å². The standard InChI is InChI=1S/C21H33N3O2.HI/c1-16-7-5-8-17(13-16)21(2,3)15-23-20(22-4)24-10-12-26-19(14-24)18-9-6-11-25-18;/h5,7-8,13,18-19H,6,9-12,14-15H2,1-4H3,(H,22,23);1H. The van der Waals surface area contributed by atoms with Crippen LogP contribution in [0.3, 0.4) is 0 Å². The van der Waals surface area contributed by atoms with E-state index in [1.807, 2.05) is 7.05 Å². The van der Waals surface area contributed by atoms with Gasteiger partial charge in [-0.15, -0.1) is 24.0 Å². The summed E-state index contributed by atoms with van der Waals surface area (Å²) in [5.41, 5.74) is 2.68. The van der Waals surface area contributed by atoms with Crippen molar-refractivity contribution in [3.8, 4) is 0 Å². The minimum absolute atomic E-state index is 0. The molecule has 0 amide bonds. The van der Waals surface area contributed by atoms with E-state index in [4.69, 9.17) is 9.47 Å². The molecule has 1 aromatic carbocycles. The molecule has 5 nitrogen and oxygen atoms in total. The van der Waals surface area contributed by atoms with Crippen molar-refractivity contribution in [1.29, 1.82) is 0 Å². The van der Waals surface area contributed by atoms with Gasteiger partial charge in [0.05, 0.1) is 12.7 Å². The highest BCUT2D eigenvalue weighted by Gasteiger charge is 2.32. The lowest BCUT2D eigenvalue weighted by molar-refractivity contribution is -0.0817. The van der Waals surface area contributed by atoms with Crippen LogP contribution in [0.1, 0.15) is 37.8 Å². The second-order valence-electron chi connectivity index (χ2n) is 8.06. The number of rotatable bonds is 4. The molecule has 2 aliphatic heterocycles. The molecule has 152 valence electrons. The summed E-state index contributed by atoms with van der Waals surface area (Å²) in [5.74, 6) is 0.956. The van der Waals surface area contributed by atoms with Gasteiger partial charge in [-0.2, -0.15) is 0 Å². The molecule has 0 radical (unpaired) electrons. The van der Waals surface area contributed by atoms with Crippen LogP contribution < -0.4 is 5.32 Å². The number of hydrogen-bond donors (Lipinski definition) is 1. The fourth-order valence-corrected chi connectivity index (χ4v) is 3.79. The Hall–Kier alpha value is -0.860. The number of guanidine groups is 1. The average Bonchev–Trinajstić information content (AvgIpc) is 3.17. The van der Waals surface area contributed by atoms with E-state index in [1.54, 1.807) is 0 Å². The summed E-state index contributed by atoms with van der Waals surface area (Å²) in [6.07, 6.45) is 2.63. The van der Waals surface area contributed by atoms with Crippen molar-refractivity contribution in [3.63, 3.8) is 0 Å².